The molecule has 2 aliphatic rings. The topological polar surface area (TPSA) is 123 Å². The fourth-order valence-electron chi connectivity index (χ4n) is 2.65. The minimum absolute atomic E-state index is 0.167. The molecule has 10 nitrogen and oxygen atoms in total. The number of carbonyl (C=O) groups excluding carboxylic acids is 1. The number of aromatic nitrogens is 5. The number of thiazole rings is 1. The van der Waals surface area contributed by atoms with Crippen molar-refractivity contribution in [2.24, 2.45) is 7.05 Å². The summed E-state index contributed by atoms with van der Waals surface area (Å²) in [5.41, 5.74) is 0.873. The zero-order valence-corrected chi connectivity index (χ0v) is 16.4. The van der Waals surface area contributed by atoms with E-state index in [-0.39, 0.29) is 16.9 Å². The van der Waals surface area contributed by atoms with Gasteiger partial charge in [-0.3, -0.25) is 4.79 Å². The Labute approximate surface area is 158 Å². The largest absolute Gasteiger partial charge is 0.301 e. The molecular weight excluding hydrogens is 398 g/mol. The summed E-state index contributed by atoms with van der Waals surface area (Å²) < 4.78 is 27.8. The van der Waals surface area contributed by atoms with E-state index in [1.54, 1.807) is 11.4 Å². The molecule has 1 amide bonds. The van der Waals surface area contributed by atoms with Gasteiger partial charge in [0.25, 0.3) is 0 Å². The number of aryl methyl sites for hydroxylation is 1. The lowest BCUT2D eigenvalue weighted by molar-refractivity contribution is -0.113. The zero-order chi connectivity index (χ0) is 18.3. The molecule has 4 rings (SSSR count). The highest BCUT2D eigenvalue weighted by Crippen LogP contribution is 2.35. The molecule has 0 bridgehead atoms. The molecule has 140 valence electrons. The van der Waals surface area contributed by atoms with E-state index in [1.165, 1.54) is 27.8 Å². The second-order valence-corrected chi connectivity index (χ2v) is 10.4. The molecule has 1 saturated carbocycles. The van der Waals surface area contributed by atoms with E-state index in [1.807, 2.05) is 0 Å². The van der Waals surface area contributed by atoms with Crippen LogP contribution in [0.25, 0.3) is 0 Å². The fraction of sp³-hybridized carbons (Fsp3) is 0.615. The maximum absolute atomic E-state index is 12.4. The number of fused-ring (bicyclic) bond motifs is 1. The number of nitrogens with zero attached hydrogens (tertiary/aromatic N) is 6. The molecule has 3 heterocycles. The number of thioether (sulfide) groups is 1. The molecule has 0 radical (unpaired) electrons. The van der Waals surface area contributed by atoms with Crippen molar-refractivity contribution in [3.63, 3.8) is 0 Å². The van der Waals surface area contributed by atoms with E-state index in [0.717, 1.165) is 23.4 Å². The lowest BCUT2D eigenvalue weighted by Gasteiger charge is -2.25. The van der Waals surface area contributed by atoms with Crippen LogP contribution in [0.5, 0.6) is 0 Å². The molecule has 13 heteroatoms. The van der Waals surface area contributed by atoms with Gasteiger partial charge in [-0.25, -0.2) is 18.1 Å². The van der Waals surface area contributed by atoms with E-state index in [4.69, 9.17) is 0 Å². The Hall–Kier alpha value is -1.57. The van der Waals surface area contributed by atoms with E-state index in [2.05, 4.69) is 25.8 Å². The second kappa shape index (κ2) is 6.87. The SMILES string of the molecule is Cn1nnnc1SCC(=O)Nc1nc2c(s1)CN(S(=O)(=O)C1CC1)CC2. The Balaban J connectivity index is 1.37. The van der Waals surface area contributed by atoms with Crippen LogP contribution in [0.2, 0.25) is 0 Å². The van der Waals surface area contributed by atoms with Crippen LogP contribution in [0, 0.1) is 0 Å². The first-order valence-corrected chi connectivity index (χ1v) is 11.4. The highest BCUT2D eigenvalue weighted by atomic mass is 32.2. The molecular formula is C13H17N7O3S3. The number of sulfonamides is 1. The number of tetrazole rings is 1. The number of rotatable bonds is 6. The molecule has 0 aromatic carbocycles. The first kappa shape index (κ1) is 17.8. The number of nitrogens with one attached hydrogen (secondary N) is 1. The predicted octanol–water partition coefficient (Wildman–Crippen LogP) is 0.248. The molecule has 2 aromatic heterocycles. The van der Waals surface area contributed by atoms with Crippen LogP contribution in [0.15, 0.2) is 5.16 Å². The van der Waals surface area contributed by atoms with Crippen LogP contribution in [0.4, 0.5) is 5.13 Å². The van der Waals surface area contributed by atoms with Gasteiger partial charge in [0, 0.05) is 31.4 Å². The Kier molecular flexibility index (Phi) is 4.71. The predicted molar refractivity (Wildman–Crippen MR) is 96.3 cm³/mol. The summed E-state index contributed by atoms with van der Waals surface area (Å²) in [5, 5.41) is 14.7. The van der Waals surface area contributed by atoms with E-state index in [9.17, 15) is 13.2 Å². The number of amides is 1. The molecule has 0 unspecified atom stereocenters. The first-order valence-electron chi connectivity index (χ1n) is 8.06. The second-order valence-electron chi connectivity index (χ2n) is 6.14. The summed E-state index contributed by atoms with van der Waals surface area (Å²) in [6.45, 7) is 0.805. The van der Waals surface area contributed by atoms with Crippen molar-refractivity contribution < 1.29 is 13.2 Å². The van der Waals surface area contributed by atoms with Crippen LogP contribution >= 0.6 is 23.1 Å². The standard InChI is InChI=1S/C13H17N7O3S3/c1-19-13(16-17-18-19)24-7-11(21)15-12-14-9-4-5-20(6-10(9)25-12)26(22,23)8-2-3-8/h8H,2-7H2,1H3,(H,14,15,21). The van der Waals surface area contributed by atoms with Crippen molar-refractivity contribution in [3.05, 3.63) is 10.6 Å². The van der Waals surface area contributed by atoms with Gasteiger partial charge < -0.3 is 5.32 Å². The summed E-state index contributed by atoms with van der Waals surface area (Å²) in [7, 11) is -1.48. The van der Waals surface area contributed by atoms with Gasteiger partial charge in [-0.05, 0) is 23.3 Å². The molecule has 0 spiro atoms. The molecule has 1 fully saturated rings. The molecule has 2 aromatic rings. The minimum atomic E-state index is -3.18. The highest BCUT2D eigenvalue weighted by molar-refractivity contribution is 7.99. The van der Waals surface area contributed by atoms with Crippen molar-refractivity contribution in [2.45, 2.75) is 36.2 Å². The van der Waals surface area contributed by atoms with Gasteiger partial charge in [0.05, 0.1) is 16.7 Å². The summed E-state index contributed by atoms with van der Waals surface area (Å²) in [5.74, 6) is -0.0350. The highest BCUT2D eigenvalue weighted by Gasteiger charge is 2.41. The fourth-order valence-corrected chi connectivity index (χ4v) is 6.23. The lowest BCUT2D eigenvalue weighted by Crippen LogP contribution is -2.37. The molecule has 1 N–H and O–H groups in total. The van der Waals surface area contributed by atoms with Crippen LogP contribution in [-0.2, 0) is 34.8 Å². The van der Waals surface area contributed by atoms with Gasteiger partial charge in [-0.2, -0.15) is 4.31 Å². The quantitative estimate of drug-likeness (QED) is 0.666. The summed E-state index contributed by atoms with van der Waals surface area (Å²) >= 11 is 2.57. The van der Waals surface area contributed by atoms with Gasteiger partial charge in [0.15, 0.2) is 5.13 Å². The molecule has 1 aliphatic carbocycles. The van der Waals surface area contributed by atoms with Crippen molar-refractivity contribution in [1.82, 2.24) is 29.5 Å². The van der Waals surface area contributed by atoms with Gasteiger partial charge in [-0.15, -0.1) is 16.4 Å². The normalized spacial score (nSPS) is 17.9. The molecule has 0 atom stereocenters. The third-order valence-corrected chi connectivity index (χ3v) is 8.52. The maximum Gasteiger partial charge on any atom is 0.236 e. The van der Waals surface area contributed by atoms with Crippen molar-refractivity contribution in [3.8, 4) is 0 Å². The molecule has 1 aliphatic heterocycles. The zero-order valence-electron chi connectivity index (χ0n) is 14.0. The third-order valence-electron chi connectivity index (χ3n) is 4.16. The number of hydrogen-bond acceptors (Lipinski definition) is 9. The minimum Gasteiger partial charge on any atom is -0.301 e. The maximum atomic E-state index is 12.4. The number of hydrogen-bond donors (Lipinski definition) is 1. The summed E-state index contributed by atoms with van der Waals surface area (Å²) in [6, 6.07) is 0. The smallest absolute Gasteiger partial charge is 0.236 e. The lowest BCUT2D eigenvalue weighted by atomic mass is 10.2. The van der Waals surface area contributed by atoms with Crippen LogP contribution in [-0.4, -0.2) is 61.4 Å². The summed E-state index contributed by atoms with van der Waals surface area (Å²) in [6.07, 6.45) is 2.09. The molecule has 0 saturated heterocycles. The van der Waals surface area contributed by atoms with Crippen LogP contribution in [0.1, 0.15) is 23.4 Å². The van der Waals surface area contributed by atoms with Crippen molar-refractivity contribution >= 4 is 44.2 Å². The van der Waals surface area contributed by atoms with Crippen molar-refractivity contribution in [2.75, 3.05) is 17.6 Å². The Morgan fingerprint density at radius 3 is 2.92 bits per heavy atom. The Bertz CT molecular complexity index is 935. The van der Waals surface area contributed by atoms with E-state index >= 15 is 0 Å². The van der Waals surface area contributed by atoms with Gasteiger partial charge in [0.1, 0.15) is 0 Å². The monoisotopic (exact) mass is 415 g/mol. The first-order chi connectivity index (χ1) is 12.4. The average molecular weight is 416 g/mol. The van der Waals surface area contributed by atoms with Crippen molar-refractivity contribution in [1.29, 1.82) is 0 Å². The Morgan fingerprint density at radius 1 is 1.42 bits per heavy atom. The van der Waals surface area contributed by atoms with Gasteiger partial charge in [0.2, 0.25) is 21.1 Å². The Morgan fingerprint density at radius 2 is 2.23 bits per heavy atom. The third kappa shape index (κ3) is 3.61. The van der Waals surface area contributed by atoms with Gasteiger partial charge >= 0.3 is 0 Å². The van der Waals surface area contributed by atoms with E-state index < -0.39 is 10.0 Å². The number of anilines is 1. The molecule has 26 heavy (non-hydrogen) atoms. The van der Waals surface area contributed by atoms with Crippen LogP contribution in [0.3, 0.4) is 0 Å². The van der Waals surface area contributed by atoms with Crippen LogP contribution < -0.4 is 5.32 Å². The van der Waals surface area contributed by atoms with Gasteiger partial charge in [-0.1, -0.05) is 11.8 Å². The van der Waals surface area contributed by atoms with E-state index in [0.29, 0.717) is 29.8 Å². The summed E-state index contributed by atoms with van der Waals surface area (Å²) in [4.78, 5) is 17.4. The number of carbonyl (C=O) groups is 1. The average Bonchev–Trinajstić information content (AvgIpc) is 3.28.